The van der Waals surface area contributed by atoms with E-state index in [0.717, 1.165) is 33.6 Å². The number of nitrogens with zero attached hydrogens (tertiary/aromatic N) is 1. The summed E-state index contributed by atoms with van der Waals surface area (Å²) in [5.41, 5.74) is -0.136. The lowest BCUT2D eigenvalue weighted by Gasteiger charge is -2.41. The lowest BCUT2D eigenvalue weighted by Crippen LogP contribution is -2.48. The predicted molar refractivity (Wildman–Crippen MR) is 245 cm³/mol. The van der Waals surface area contributed by atoms with Gasteiger partial charge in [-0.05, 0) is 39.5 Å². The normalized spacial score (nSPS) is 17.8. The Morgan fingerprint density at radius 2 is 1.05 bits per heavy atom. The number of nitrogens with one attached hydrogen (secondary N) is 1. The van der Waals surface area contributed by atoms with Gasteiger partial charge in [-0.3, -0.25) is 18.5 Å². The average Bonchev–Trinajstić information content (AvgIpc) is 3.66. The Morgan fingerprint density at radius 3 is 1.43 bits per heavy atom. The number of methoxy groups -OCH3 is 1. The van der Waals surface area contributed by atoms with Crippen LogP contribution in [0.5, 0.6) is 0 Å². The van der Waals surface area contributed by atoms with Gasteiger partial charge in [-0.25, -0.2) is 9.59 Å². The first-order valence-corrected chi connectivity index (χ1v) is 22.7. The van der Waals surface area contributed by atoms with Gasteiger partial charge < -0.3 is 18.9 Å². The maximum atomic E-state index is 14.0. The molecule has 12 nitrogen and oxygen atoms in total. The van der Waals surface area contributed by atoms with E-state index in [9.17, 15) is 22.8 Å². The highest BCUT2D eigenvalue weighted by molar-refractivity contribution is 7.86. The van der Waals surface area contributed by atoms with E-state index in [1.54, 1.807) is 0 Å². The van der Waals surface area contributed by atoms with Crippen molar-refractivity contribution in [1.82, 2.24) is 9.55 Å². The van der Waals surface area contributed by atoms with E-state index in [2.05, 4.69) is 4.98 Å². The Balaban J connectivity index is 1.37. The molecule has 1 N–H and O–H groups in total. The van der Waals surface area contributed by atoms with Crippen molar-refractivity contribution < 1.29 is 36.3 Å². The Morgan fingerprint density at radius 1 is 0.646 bits per heavy atom. The van der Waals surface area contributed by atoms with Gasteiger partial charge in [0.1, 0.15) is 23.4 Å². The van der Waals surface area contributed by atoms with Gasteiger partial charge in [-0.2, -0.15) is 8.42 Å². The lowest BCUT2D eigenvalue weighted by atomic mass is 9.79. The molecule has 330 valence electrons. The standard InChI is InChI=1S/C52H46N2O10S/c1-60-45(55)34-33-37-35-54(50(57)53-48(37)56)49-47(64-65(2,58)59)46(63-52(41-27-15-6-16-28-41,42-29-17-7-18-30-42)43-31-19-8-20-32-43)44(62-49)36-61-51(38-21-9-3-10-22-38,39-23-11-4-12-24-39)40-25-13-5-14-26-40/h3-35,44,46-47,49H,36H2,1-2H3,(H,53,56,57)/t44-,46-,47-,49-/m1/s1. The molecule has 1 saturated heterocycles. The molecule has 1 aliphatic rings. The maximum Gasteiger partial charge on any atom is 0.330 e. The number of rotatable bonds is 16. The van der Waals surface area contributed by atoms with Crippen LogP contribution in [-0.2, 0) is 49.2 Å². The highest BCUT2D eigenvalue weighted by atomic mass is 32.2. The van der Waals surface area contributed by atoms with E-state index in [1.807, 2.05) is 182 Å². The van der Waals surface area contributed by atoms with Crippen LogP contribution in [0, 0.1) is 0 Å². The summed E-state index contributed by atoms with van der Waals surface area (Å²) < 4.78 is 60.6. The Hall–Kier alpha value is -7.00. The van der Waals surface area contributed by atoms with Crippen LogP contribution in [0.25, 0.3) is 6.08 Å². The van der Waals surface area contributed by atoms with E-state index in [0.29, 0.717) is 16.7 Å². The number of aromatic nitrogens is 2. The van der Waals surface area contributed by atoms with Gasteiger partial charge in [0.15, 0.2) is 12.3 Å². The summed E-state index contributed by atoms with van der Waals surface area (Å²) in [5.74, 6) is -0.749. The number of carbonyl (C=O) groups excluding carboxylic acids is 1. The fourth-order valence-electron chi connectivity index (χ4n) is 8.45. The molecule has 2 heterocycles. The summed E-state index contributed by atoms with van der Waals surface area (Å²) >= 11 is 0. The number of ether oxygens (including phenoxy) is 4. The third-order valence-electron chi connectivity index (χ3n) is 11.3. The minimum Gasteiger partial charge on any atom is -0.466 e. The minimum absolute atomic E-state index is 0.127. The summed E-state index contributed by atoms with van der Waals surface area (Å²) in [6.45, 7) is -0.259. The lowest BCUT2D eigenvalue weighted by molar-refractivity contribution is -0.134. The molecule has 0 saturated carbocycles. The third-order valence-corrected chi connectivity index (χ3v) is 11.9. The molecule has 1 aromatic heterocycles. The number of aromatic amines is 1. The minimum atomic E-state index is -4.35. The fourth-order valence-corrected chi connectivity index (χ4v) is 9.06. The summed E-state index contributed by atoms with van der Waals surface area (Å²) in [7, 11) is -3.16. The molecule has 6 aromatic carbocycles. The van der Waals surface area contributed by atoms with Crippen molar-refractivity contribution in [2.24, 2.45) is 0 Å². The van der Waals surface area contributed by atoms with Crippen LogP contribution < -0.4 is 11.2 Å². The molecule has 7 aromatic rings. The van der Waals surface area contributed by atoms with Crippen LogP contribution in [-0.4, -0.2) is 62.2 Å². The highest BCUT2D eigenvalue weighted by Gasteiger charge is 2.55. The molecule has 0 unspecified atom stereocenters. The van der Waals surface area contributed by atoms with Gasteiger partial charge in [0.25, 0.3) is 15.7 Å². The Labute approximate surface area is 376 Å². The number of benzene rings is 6. The molecule has 1 fully saturated rings. The second kappa shape index (κ2) is 19.4. The molecular formula is C52H46N2O10S. The first kappa shape index (κ1) is 44.6. The third kappa shape index (κ3) is 9.32. The molecule has 0 amide bonds. The predicted octanol–water partition coefficient (Wildman–Crippen LogP) is 7.35. The van der Waals surface area contributed by atoms with Gasteiger partial charge in [-0.1, -0.05) is 182 Å². The van der Waals surface area contributed by atoms with Crippen LogP contribution in [0.15, 0.2) is 204 Å². The summed E-state index contributed by atoms with van der Waals surface area (Å²) in [4.78, 5) is 41.5. The quantitative estimate of drug-likeness (QED) is 0.0451. The van der Waals surface area contributed by atoms with Gasteiger partial charge in [-0.15, -0.1) is 0 Å². The zero-order chi connectivity index (χ0) is 45.4. The van der Waals surface area contributed by atoms with Crippen molar-refractivity contribution in [3.63, 3.8) is 0 Å². The van der Waals surface area contributed by atoms with E-state index < -0.39 is 63.1 Å². The van der Waals surface area contributed by atoms with Crippen LogP contribution >= 0.6 is 0 Å². The smallest absolute Gasteiger partial charge is 0.330 e. The van der Waals surface area contributed by atoms with Crippen LogP contribution in [0.3, 0.4) is 0 Å². The summed E-state index contributed by atoms with van der Waals surface area (Å²) in [6.07, 6.45) is -1.41. The molecule has 4 atom stereocenters. The second-order valence-electron chi connectivity index (χ2n) is 15.4. The first-order chi connectivity index (χ1) is 31.5. The molecule has 0 radical (unpaired) electrons. The molecule has 0 aliphatic carbocycles. The molecule has 0 spiro atoms. The molecule has 13 heteroatoms. The van der Waals surface area contributed by atoms with Gasteiger partial charge >= 0.3 is 11.7 Å². The van der Waals surface area contributed by atoms with E-state index in [-0.39, 0.29) is 12.2 Å². The van der Waals surface area contributed by atoms with E-state index in [4.69, 9.17) is 23.1 Å². The monoisotopic (exact) mass is 890 g/mol. The second-order valence-corrected chi connectivity index (χ2v) is 17.0. The molecule has 1 aliphatic heterocycles. The molecule has 65 heavy (non-hydrogen) atoms. The first-order valence-electron chi connectivity index (χ1n) is 20.8. The van der Waals surface area contributed by atoms with Crippen molar-refractivity contribution >= 4 is 22.2 Å². The zero-order valence-corrected chi connectivity index (χ0v) is 36.3. The van der Waals surface area contributed by atoms with Crippen molar-refractivity contribution in [1.29, 1.82) is 0 Å². The molecular weight excluding hydrogens is 845 g/mol. The van der Waals surface area contributed by atoms with Crippen LogP contribution in [0.1, 0.15) is 45.2 Å². The number of hydrogen-bond acceptors (Lipinski definition) is 10. The van der Waals surface area contributed by atoms with Crippen molar-refractivity contribution in [2.75, 3.05) is 20.0 Å². The van der Waals surface area contributed by atoms with Crippen LogP contribution in [0.4, 0.5) is 0 Å². The number of esters is 1. The highest BCUT2D eigenvalue weighted by Crippen LogP contribution is 2.47. The van der Waals surface area contributed by atoms with Crippen molar-refractivity contribution in [2.45, 2.75) is 35.7 Å². The largest absolute Gasteiger partial charge is 0.466 e. The number of carbonyl (C=O) groups is 1. The maximum absolute atomic E-state index is 14.0. The van der Waals surface area contributed by atoms with Gasteiger partial charge in [0.05, 0.1) is 25.5 Å². The van der Waals surface area contributed by atoms with E-state index in [1.165, 1.54) is 19.4 Å². The zero-order valence-electron chi connectivity index (χ0n) is 35.5. The van der Waals surface area contributed by atoms with Gasteiger partial charge in [0, 0.05) is 12.3 Å². The Bertz CT molecular complexity index is 2760. The number of hydrogen-bond donors (Lipinski definition) is 1. The summed E-state index contributed by atoms with van der Waals surface area (Å²) in [6, 6.07) is 57.6. The van der Waals surface area contributed by atoms with E-state index >= 15 is 0 Å². The van der Waals surface area contributed by atoms with Crippen molar-refractivity contribution in [3.8, 4) is 0 Å². The van der Waals surface area contributed by atoms with Gasteiger partial charge in [0.2, 0.25) is 0 Å². The fraction of sp³-hybridized carbons (Fsp3) is 0.173. The topological polar surface area (TPSA) is 152 Å². The Kier molecular flexibility index (Phi) is 13.3. The SMILES string of the molecule is COC(=O)C=Cc1cn([C@@H]2O[C@H](COC(c3ccccc3)(c3ccccc3)c3ccccc3)[C@@H](OC(c3ccccc3)(c3ccccc3)c3ccccc3)[C@H]2OS(C)(=O)=O)c(=O)[nH]c1=O. The van der Waals surface area contributed by atoms with Crippen LogP contribution in [0.2, 0.25) is 0 Å². The van der Waals surface area contributed by atoms with Crippen molar-refractivity contribution in [3.05, 3.63) is 254 Å². The molecule has 8 rings (SSSR count). The molecule has 0 bridgehead atoms. The summed E-state index contributed by atoms with van der Waals surface area (Å²) in [5, 5.41) is 0. The number of H-pyrrole nitrogens is 1. The average molecular weight is 891 g/mol.